The molecule has 7 heteroatoms. The molecule has 2 rings (SSSR count). The lowest BCUT2D eigenvalue weighted by atomic mass is 10.1. The summed E-state index contributed by atoms with van der Waals surface area (Å²) in [5.41, 5.74) is 0.187. The Morgan fingerprint density at radius 2 is 2.10 bits per heavy atom. The summed E-state index contributed by atoms with van der Waals surface area (Å²) in [7, 11) is 1.49. The Morgan fingerprint density at radius 3 is 2.76 bits per heavy atom. The highest BCUT2D eigenvalue weighted by molar-refractivity contribution is 5.88. The Kier molecular flexibility index (Phi) is 4.22. The van der Waals surface area contributed by atoms with Crippen molar-refractivity contribution in [1.29, 1.82) is 0 Å². The summed E-state index contributed by atoms with van der Waals surface area (Å²) < 4.78 is 10.1. The Balaban J connectivity index is 2.32. The van der Waals surface area contributed by atoms with Crippen LogP contribution in [-0.2, 0) is 16.0 Å². The molecule has 1 amide bonds. The molecule has 0 unspecified atom stereocenters. The van der Waals surface area contributed by atoms with Gasteiger partial charge >= 0.3 is 11.6 Å². The van der Waals surface area contributed by atoms with Crippen LogP contribution in [0.4, 0.5) is 0 Å². The first-order chi connectivity index (χ1) is 9.99. The maximum Gasteiger partial charge on any atom is 0.336 e. The van der Waals surface area contributed by atoms with E-state index in [1.54, 1.807) is 18.2 Å². The number of carboxylic acid groups (broad SMARTS) is 1. The molecule has 1 aromatic carbocycles. The molecule has 0 saturated heterocycles. The van der Waals surface area contributed by atoms with E-state index in [9.17, 15) is 14.4 Å². The van der Waals surface area contributed by atoms with Gasteiger partial charge in [0, 0.05) is 17.5 Å². The lowest BCUT2D eigenvalue weighted by Crippen LogP contribution is -2.30. The second kappa shape index (κ2) is 6.08. The van der Waals surface area contributed by atoms with E-state index >= 15 is 0 Å². The Morgan fingerprint density at radius 1 is 1.33 bits per heavy atom. The number of carbonyl (C=O) groups excluding carboxylic acids is 1. The predicted octanol–water partition coefficient (Wildman–Crippen LogP) is 0.545. The number of methoxy groups -OCH3 is 1. The van der Waals surface area contributed by atoms with Gasteiger partial charge in [-0.25, -0.2) is 4.79 Å². The van der Waals surface area contributed by atoms with Crippen LogP contribution in [0.3, 0.4) is 0 Å². The fraction of sp³-hybridized carbons (Fsp3) is 0.214. The summed E-state index contributed by atoms with van der Waals surface area (Å²) in [5.74, 6) is -1.09. The quantitative estimate of drug-likeness (QED) is 0.779. The lowest BCUT2D eigenvalue weighted by molar-refractivity contribution is -0.137. The van der Waals surface area contributed by atoms with Crippen molar-refractivity contribution in [2.24, 2.45) is 0 Å². The Bertz CT molecular complexity index is 749. The van der Waals surface area contributed by atoms with E-state index in [1.807, 2.05) is 0 Å². The topological polar surface area (TPSA) is 106 Å². The molecule has 110 valence electrons. The summed E-state index contributed by atoms with van der Waals surface area (Å²) >= 11 is 0. The molecular weight excluding hydrogens is 278 g/mol. The van der Waals surface area contributed by atoms with Gasteiger partial charge < -0.3 is 19.6 Å². The number of ether oxygens (including phenoxy) is 1. The van der Waals surface area contributed by atoms with Gasteiger partial charge in [0.15, 0.2) is 0 Å². The molecule has 0 spiro atoms. The first-order valence-electron chi connectivity index (χ1n) is 6.09. The van der Waals surface area contributed by atoms with Crippen LogP contribution in [-0.4, -0.2) is 30.6 Å². The molecule has 0 atom stereocenters. The number of aliphatic carboxylic acids is 1. The van der Waals surface area contributed by atoms with Gasteiger partial charge in [0.25, 0.3) is 0 Å². The minimum atomic E-state index is -1.13. The third-order valence-corrected chi connectivity index (χ3v) is 2.83. The number of benzene rings is 1. The van der Waals surface area contributed by atoms with Gasteiger partial charge in [-0.15, -0.1) is 0 Å². The maximum atomic E-state index is 11.7. The second-order valence-corrected chi connectivity index (χ2v) is 4.30. The molecule has 0 fully saturated rings. The largest absolute Gasteiger partial charge is 0.497 e. The van der Waals surface area contributed by atoms with E-state index in [0.29, 0.717) is 22.3 Å². The van der Waals surface area contributed by atoms with Gasteiger partial charge in [0.05, 0.1) is 13.5 Å². The van der Waals surface area contributed by atoms with Gasteiger partial charge in [0.1, 0.15) is 17.9 Å². The minimum Gasteiger partial charge on any atom is -0.497 e. The highest BCUT2D eigenvalue weighted by Crippen LogP contribution is 2.22. The molecule has 21 heavy (non-hydrogen) atoms. The molecule has 0 aliphatic heterocycles. The van der Waals surface area contributed by atoms with Crippen molar-refractivity contribution in [2.45, 2.75) is 6.42 Å². The van der Waals surface area contributed by atoms with Crippen LogP contribution in [0.5, 0.6) is 5.75 Å². The average molecular weight is 291 g/mol. The van der Waals surface area contributed by atoms with Crippen molar-refractivity contribution in [3.8, 4) is 5.75 Å². The van der Waals surface area contributed by atoms with Crippen LogP contribution in [0.1, 0.15) is 5.56 Å². The monoisotopic (exact) mass is 291 g/mol. The Hall–Kier alpha value is -2.83. The number of carbonyl (C=O) groups is 2. The predicted molar refractivity (Wildman–Crippen MR) is 73.4 cm³/mol. The summed E-state index contributed by atoms with van der Waals surface area (Å²) in [6.45, 7) is -0.466. The van der Waals surface area contributed by atoms with Gasteiger partial charge in [-0.2, -0.15) is 0 Å². The second-order valence-electron chi connectivity index (χ2n) is 4.30. The van der Waals surface area contributed by atoms with Crippen molar-refractivity contribution >= 4 is 22.8 Å². The Labute approximate surface area is 119 Å². The smallest absolute Gasteiger partial charge is 0.336 e. The molecule has 1 aromatic heterocycles. The fourth-order valence-electron chi connectivity index (χ4n) is 1.89. The number of rotatable bonds is 5. The van der Waals surface area contributed by atoms with Crippen molar-refractivity contribution in [2.75, 3.05) is 13.7 Å². The summed E-state index contributed by atoms with van der Waals surface area (Å²) in [4.78, 5) is 33.6. The van der Waals surface area contributed by atoms with Crippen LogP contribution < -0.4 is 15.7 Å². The molecule has 1 heterocycles. The molecule has 2 N–H and O–H groups in total. The zero-order valence-corrected chi connectivity index (χ0v) is 11.2. The molecule has 2 aromatic rings. The number of amides is 1. The lowest BCUT2D eigenvalue weighted by Gasteiger charge is -2.07. The van der Waals surface area contributed by atoms with Crippen LogP contribution in [0.25, 0.3) is 11.0 Å². The van der Waals surface area contributed by atoms with Gasteiger partial charge in [-0.05, 0) is 17.7 Å². The number of hydrogen-bond donors (Lipinski definition) is 2. The van der Waals surface area contributed by atoms with Gasteiger partial charge in [-0.1, -0.05) is 0 Å². The summed E-state index contributed by atoms with van der Waals surface area (Å²) in [6, 6.07) is 6.13. The van der Waals surface area contributed by atoms with E-state index in [1.165, 1.54) is 13.2 Å². The maximum absolute atomic E-state index is 11.7. The number of fused-ring (bicyclic) bond motifs is 1. The van der Waals surface area contributed by atoms with E-state index < -0.39 is 24.0 Å². The van der Waals surface area contributed by atoms with Crippen molar-refractivity contribution in [1.82, 2.24) is 5.32 Å². The average Bonchev–Trinajstić information content (AvgIpc) is 2.44. The zero-order chi connectivity index (χ0) is 15.4. The first-order valence-corrected chi connectivity index (χ1v) is 6.09. The highest BCUT2D eigenvalue weighted by Gasteiger charge is 2.11. The van der Waals surface area contributed by atoms with Crippen molar-refractivity contribution < 1.29 is 23.8 Å². The van der Waals surface area contributed by atoms with E-state index in [4.69, 9.17) is 14.3 Å². The van der Waals surface area contributed by atoms with E-state index in [2.05, 4.69) is 5.32 Å². The number of hydrogen-bond acceptors (Lipinski definition) is 5. The van der Waals surface area contributed by atoms with Crippen molar-refractivity contribution in [3.63, 3.8) is 0 Å². The fourth-order valence-corrected chi connectivity index (χ4v) is 1.89. The third-order valence-electron chi connectivity index (χ3n) is 2.83. The SMILES string of the molecule is COc1ccc2c(CC(=O)NCC(=O)O)cc(=O)oc2c1. The molecule has 0 bridgehead atoms. The molecule has 7 nitrogen and oxygen atoms in total. The first kappa shape index (κ1) is 14.6. The van der Waals surface area contributed by atoms with Gasteiger partial charge in [0.2, 0.25) is 5.91 Å². The number of carboxylic acids is 1. The third kappa shape index (κ3) is 3.59. The summed E-state index contributed by atoms with van der Waals surface area (Å²) in [6.07, 6.45) is -0.109. The highest BCUT2D eigenvalue weighted by atomic mass is 16.5. The molecule has 0 radical (unpaired) electrons. The molecule has 0 saturated carbocycles. The van der Waals surface area contributed by atoms with Crippen LogP contribution in [0.15, 0.2) is 33.5 Å². The normalized spacial score (nSPS) is 10.3. The van der Waals surface area contributed by atoms with Crippen LogP contribution in [0, 0.1) is 0 Å². The standard InChI is InChI=1S/C14H13NO6/c1-20-9-2-3-10-8(4-12(16)15-7-13(17)18)5-14(19)21-11(10)6-9/h2-3,5-6H,4,7H2,1H3,(H,15,16)(H,17,18). The van der Waals surface area contributed by atoms with Crippen LogP contribution in [0.2, 0.25) is 0 Å². The van der Waals surface area contributed by atoms with Crippen molar-refractivity contribution in [3.05, 3.63) is 40.2 Å². The van der Waals surface area contributed by atoms with E-state index in [-0.39, 0.29) is 6.42 Å². The number of nitrogens with one attached hydrogen (secondary N) is 1. The zero-order valence-electron chi connectivity index (χ0n) is 11.2. The van der Waals surface area contributed by atoms with Gasteiger partial charge in [-0.3, -0.25) is 9.59 Å². The van der Waals surface area contributed by atoms with E-state index in [0.717, 1.165) is 0 Å². The summed E-state index contributed by atoms with van der Waals surface area (Å²) in [5, 5.41) is 11.3. The van der Waals surface area contributed by atoms with Crippen LogP contribution >= 0.6 is 0 Å². The molecular formula is C14H13NO6. The minimum absolute atomic E-state index is 0.109. The molecule has 0 aliphatic carbocycles. The molecule has 0 aliphatic rings.